The van der Waals surface area contributed by atoms with Crippen molar-refractivity contribution in [1.29, 1.82) is 0 Å². The number of hydrogen-bond donors (Lipinski definition) is 4. The van der Waals surface area contributed by atoms with Gasteiger partial charge in [-0.05, 0) is 25.0 Å². The lowest BCUT2D eigenvalue weighted by Crippen LogP contribution is -2.35. The Balaban J connectivity index is 2.63. The van der Waals surface area contributed by atoms with E-state index in [0.717, 1.165) is 0 Å². The Kier molecular flexibility index (Phi) is 6.55. The Labute approximate surface area is 126 Å². The van der Waals surface area contributed by atoms with E-state index in [1.54, 1.807) is 30.3 Å². The second kappa shape index (κ2) is 7.93. The number of carboxylic acids is 2. The standard InChI is InChI=1S/C13H17O8P/c14-12(15)10(11(13(16)17)22(18,19)20)7-4-8-21-9-5-2-1-3-6-9/h1-3,5-6,10-11H,4,7-8H2,(H,14,15)(H,16,17)(H2,18,19,20). The van der Waals surface area contributed by atoms with Gasteiger partial charge in [0.25, 0.3) is 0 Å². The molecule has 122 valence electrons. The number of rotatable bonds is 9. The van der Waals surface area contributed by atoms with Crippen LogP contribution in [0.15, 0.2) is 30.3 Å². The second-order valence-electron chi connectivity index (χ2n) is 4.62. The fourth-order valence-corrected chi connectivity index (χ4v) is 3.01. The zero-order valence-corrected chi connectivity index (χ0v) is 12.4. The molecule has 0 aliphatic carbocycles. The molecule has 0 aliphatic rings. The minimum absolute atomic E-state index is 0.112. The number of hydrogen-bond acceptors (Lipinski definition) is 4. The van der Waals surface area contributed by atoms with E-state index in [1.165, 1.54) is 0 Å². The smallest absolute Gasteiger partial charge is 0.340 e. The second-order valence-corrected chi connectivity index (χ2v) is 6.36. The molecule has 4 N–H and O–H groups in total. The van der Waals surface area contributed by atoms with Crippen molar-refractivity contribution in [2.24, 2.45) is 5.92 Å². The monoisotopic (exact) mass is 332 g/mol. The number of aliphatic carboxylic acids is 2. The first kappa shape index (κ1) is 18.2. The third kappa shape index (κ3) is 5.48. The van der Waals surface area contributed by atoms with Gasteiger partial charge in [-0.2, -0.15) is 0 Å². The maximum Gasteiger partial charge on any atom is 0.340 e. The SMILES string of the molecule is O=C(O)C(CCCOc1ccccc1)C(C(=O)O)P(=O)(O)O. The largest absolute Gasteiger partial charge is 0.494 e. The van der Waals surface area contributed by atoms with Gasteiger partial charge in [0.15, 0.2) is 5.66 Å². The predicted molar refractivity (Wildman–Crippen MR) is 75.8 cm³/mol. The maximum atomic E-state index is 11.2. The van der Waals surface area contributed by atoms with Crippen LogP contribution in [-0.4, -0.2) is 44.2 Å². The molecule has 1 rings (SSSR count). The molecule has 2 unspecified atom stereocenters. The maximum absolute atomic E-state index is 11.2. The van der Waals surface area contributed by atoms with E-state index in [9.17, 15) is 14.2 Å². The van der Waals surface area contributed by atoms with Crippen LogP contribution in [0.5, 0.6) is 5.75 Å². The Bertz CT molecular complexity index is 552. The molecule has 0 aliphatic heterocycles. The lowest BCUT2D eigenvalue weighted by atomic mass is 9.99. The van der Waals surface area contributed by atoms with Crippen LogP contribution in [0.2, 0.25) is 0 Å². The van der Waals surface area contributed by atoms with E-state index in [-0.39, 0.29) is 19.4 Å². The first-order valence-electron chi connectivity index (χ1n) is 6.42. The third-order valence-corrected chi connectivity index (χ3v) is 4.29. The van der Waals surface area contributed by atoms with E-state index in [4.69, 9.17) is 24.7 Å². The molecular formula is C13H17O8P. The number of ether oxygens (including phenoxy) is 1. The molecule has 1 aromatic carbocycles. The van der Waals surface area contributed by atoms with Crippen molar-refractivity contribution in [2.75, 3.05) is 6.61 Å². The summed E-state index contributed by atoms with van der Waals surface area (Å²) in [6, 6.07) is 8.70. The van der Waals surface area contributed by atoms with Crippen LogP contribution in [0.25, 0.3) is 0 Å². The summed E-state index contributed by atoms with van der Waals surface area (Å²) in [5.74, 6) is -4.50. The van der Waals surface area contributed by atoms with Crippen molar-refractivity contribution in [2.45, 2.75) is 18.5 Å². The summed E-state index contributed by atoms with van der Waals surface area (Å²) < 4.78 is 16.5. The minimum Gasteiger partial charge on any atom is -0.494 e. The number of carboxylic acid groups (broad SMARTS) is 2. The summed E-state index contributed by atoms with van der Waals surface area (Å²) >= 11 is 0. The van der Waals surface area contributed by atoms with Crippen LogP contribution in [0.1, 0.15) is 12.8 Å². The molecule has 0 saturated heterocycles. The zero-order chi connectivity index (χ0) is 16.8. The van der Waals surface area contributed by atoms with Gasteiger partial charge in [-0.25, -0.2) is 0 Å². The third-order valence-electron chi connectivity index (χ3n) is 2.99. The number of benzene rings is 1. The fourth-order valence-electron chi connectivity index (χ4n) is 1.98. The molecule has 22 heavy (non-hydrogen) atoms. The molecule has 0 amide bonds. The molecule has 0 heterocycles. The number of para-hydroxylation sites is 1. The molecule has 0 fully saturated rings. The quantitative estimate of drug-likeness (QED) is 0.390. The highest BCUT2D eigenvalue weighted by molar-refractivity contribution is 7.53. The van der Waals surface area contributed by atoms with Gasteiger partial charge in [0.1, 0.15) is 5.75 Å². The van der Waals surface area contributed by atoms with Gasteiger partial charge >= 0.3 is 19.5 Å². The van der Waals surface area contributed by atoms with E-state index < -0.39 is 31.1 Å². The Morgan fingerprint density at radius 2 is 1.68 bits per heavy atom. The normalized spacial score (nSPS) is 14.1. The molecule has 8 nitrogen and oxygen atoms in total. The van der Waals surface area contributed by atoms with Crippen molar-refractivity contribution in [3.63, 3.8) is 0 Å². The summed E-state index contributed by atoms with van der Waals surface area (Å²) in [6.07, 6.45) is -0.0696. The van der Waals surface area contributed by atoms with Crippen LogP contribution in [-0.2, 0) is 14.2 Å². The van der Waals surface area contributed by atoms with Crippen molar-refractivity contribution in [3.05, 3.63) is 30.3 Å². The van der Waals surface area contributed by atoms with Crippen LogP contribution in [0.4, 0.5) is 0 Å². The van der Waals surface area contributed by atoms with E-state index >= 15 is 0 Å². The summed E-state index contributed by atoms with van der Waals surface area (Å²) in [5.41, 5.74) is -2.26. The molecule has 0 saturated carbocycles. The average Bonchev–Trinajstić information content (AvgIpc) is 2.41. The van der Waals surface area contributed by atoms with Crippen molar-refractivity contribution < 1.29 is 38.9 Å². The molecule has 0 bridgehead atoms. The van der Waals surface area contributed by atoms with Crippen molar-refractivity contribution in [3.8, 4) is 5.75 Å². The summed E-state index contributed by atoms with van der Waals surface area (Å²) in [7, 11) is -5.07. The first-order valence-corrected chi connectivity index (χ1v) is 8.10. The fraction of sp³-hybridized carbons (Fsp3) is 0.385. The topological polar surface area (TPSA) is 141 Å². The summed E-state index contributed by atoms with van der Waals surface area (Å²) in [4.78, 5) is 40.1. The van der Waals surface area contributed by atoms with E-state index in [0.29, 0.717) is 5.75 Å². The van der Waals surface area contributed by atoms with Gasteiger partial charge in [0, 0.05) is 0 Å². The molecule has 0 radical (unpaired) electrons. The van der Waals surface area contributed by atoms with Gasteiger partial charge in [0.2, 0.25) is 0 Å². The predicted octanol–water partition coefficient (Wildman–Crippen LogP) is 1.18. The van der Waals surface area contributed by atoms with Gasteiger partial charge in [0.05, 0.1) is 12.5 Å². The van der Waals surface area contributed by atoms with E-state index in [1.807, 2.05) is 0 Å². The molecular weight excluding hydrogens is 315 g/mol. The van der Waals surface area contributed by atoms with Crippen LogP contribution in [0, 0.1) is 5.92 Å². The van der Waals surface area contributed by atoms with Gasteiger partial charge in [-0.3, -0.25) is 14.2 Å². The highest BCUT2D eigenvalue weighted by Crippen LogP contribution is 2.46. The lowest BCUT2D eigenvalue weighted by Gasteiger charge is -2.21. The van der Waals surface area contributed by atoms with Gasteiger partial charge < -0.3 is 24.7 Å². The van der Waals surface area contributed by atoms with Gasteiger partial charge in [-0.15, -0.1) is 0 Å². The molecule has 9 heteroatoms. The zero-order valence-electron chi connectivity index (χ0n) is 11.5. The first-order chi connectivity index (χ1) is 10.2. The summed E-state index contributed by atoms with van der Waals surface area (Å²) in [5, 5.41) is 17.9. The Morgan fingerprint density at radius 3 is 2.14 bits per heavy atom. The molecule has 0 spiro atoms. The van der Waals surface area contributed by atoms with Crippen LogP contribution < -0.4 is 4.74 Å². The highest BCUT2D eigenvalue weighted by atomic mass is 31.2. The van der Waals surface area contributed by atoms with Crippen molar-refractivity contribution in [1.82, 2.24) is 0 Å². The molecule has 1 aromatic rings. The van der Waals surface area contributed by atoms with Crippen molar-refractivity contribution >= 4 is 19.5 Å². The molecule has 2 atom stereocenters. The molecule has 0 aromatic heterocycles. The summed E-state index contributed by atoms with van der Waals surface area (Å²) in [6.45, 7) is 0.112. The Morgan fingerprint density at radius 1 is 1.09 bits per heavy atom. The highest BCUT2D eigenvalue weighted by Gasteiger charge is 2.45. The average molecular weight is 332 g/mol. The van der Waals surface area contributed by atoms with Gasteiger partial charge in [-0.1, -0.05) is 18.2 Å². The number of carbonyl (C=O) groups is 2. The Hall–Kier alpha value is -1.89. The van der Waals surface area contributed by atoms with E-state index in [2.05, 4.69) is 0 Å². The van der Waals surface area contributed by atoms with Crippen LogP contribution >= 0.6 is 7.60 Å². The minimum atomic E-state index is -5.07. The van der Waals surface area contributed by atoms with Crippen LogP contribution in [0.3, 0.4) is 0 Å². The lowest BCUT2D eigenvalue weighted by molar-refractivity contribution is -0.148.